The molecule has 0 saturated carbocycles. The van der Waals surface area contributed by atoms with Crippen molar-refractivity contribution in [2.75, 3.05) is 10.7 Å². The van der Waals surface area contributed by atoms with Crippen molar-refractivity contribution in [1.29, 1.82) is 0 Å². The van der Waals surface area contributed by atoms with Crippen LogP contribution in [0.25, 0.3) is 0 Å². The lowest BCUT2D eigenvalue weighted by atomic mass is 10.1. The lowest BCUT2D eigenvalue weighted by molar-refractivity contribution is -0.115. The molecule has 4 nitrogen and oxygen atoms in total. The zero-order valence-electron chi connectivity index (χ0n) is 12.7. The minimum Gasteiger partial charge on any atom is -0.273 e. The standard InChI is InChI=1S/C16H21N3OS/c1-4-7-13-8-5-6-9-14(13)19-15(20)11-21-16(19)18-17-10-12(2)3/h5-6,8-10,12H,4,7,11H2,1-3H3/b17-10+,18-16-. The molecule has 1 heterocycles. The molecule has 1 aromatic carbocycles. The van der Waals surface area contributed by atoms with E-state index in [-0.39, 0.29) is 5.91 Å². The van der Waals surface area contributed by atoms with Crippen LogP contribution < -0.4 is 4.90 Å². The average molecular weight is 303 g/mol. The summed E-state index contributed by atoms with van der Waals surface area (Å²) in [7, 11) is 0. The summed E-state index contributed by atoms with van der Waals surface area (Å²) < 4.78 is 0. The van der Waals surface area contributed by atoms with E-state index in [4.69, 9.17) is 0 Å². The van der Waals surface area contributed by atoms with Crippen LogP contribution in [0.1, 0.15) is 32.8 Å². The summed E-state index contributed by atoms with van der Waals surface area (Å²) >= 11 is 1.44. The molecule has 2 rings (SSSR count). The largest absolute Gasteiger partial charge is 0.273 e. The van der Waals surface area contributed by atoms with E-state index in [2.05, 4.69) is 23.2 Å². The molecule has 1 amide bonds. The highest BCUT2D eigenvalue weighted by Crippen LogP contribution is 2.30. The van der Waals surface area contributed by atoms with Crippen molar-refractivity contribution in [3.8, 4) is 0 Å². The molecule has 21 heavy (non-hydrogen) atoms. The third-order valence-corrected chi connectivity index (χ3v) is 3.94. The Morgan fingerprint density at radius 2 is 2.14 bits per heavy atom. The van der Waals surface area contributed by atoms with Gasteiger partial charge in [-0.2, -0.15) is 5.10 Å². The number of para-hydroxylation sites is 1. The van der Waals surface area contributed by atoms with E-state index in [1.807, 2.05) is 32.0 Å². The maximum absolute atomic E-state index is 12.2. The van der Waals surface area contributed by atoms with E-state index in [1.54, 1.807) is 11.1 Å². The summed E-state index contributed by atoms with van der Waals surface area (Å²) in [5.41, 5.74) is 2.12. The van der Waals surface area contributed by atoms with Crippen LogP contribution in [0.15, 0.2) is 34.5 Å². The van der Waals surface area contributed by atoms with Crippen molar-refractivity contribution in [2.24, 2.45) is 16.1 Å². The first-order chi connectivity index (χ1) is 10.1. The Labute approximate surface area is 130 Å². The molecule has 1 aromatic rings. The summed E-state index contributed by atoms with van der Waals surface area (Å²) in [6.07, 6.45) is 3.78. The number of anilines is 1. The van der Waals surface area contributed by atoms with Crippen molar-refractivity contribution in [3.63, 3.8) is 0 Å². The first-order valence-corrected chi connectivity index (χ1v) is 8.26. The average Bonchev–Trinajstić information content (AvgIpc) is 2.81. The predicted octanol–water partition coefficient (Wildman–Crippen LogP) is 3.72. The number of nitrogens with zero attached hydrogens (tertiary/aromatic N) is 3. The van der Waals surface area contributed by atoms with Crippen LogP contribution in [-0.4, -0.2) is 23.0 Å². The molecule has 1 saturated heterocycles. The molecular weight excluding hydrogens is 282 g/mol. The molecule has 0 radical (unpaired) electrons. The van der Waals surface area contributed by atoms with Crippen molar-refractivity contribution in [2.45, 2.75) is 33.6 Å². The molecule has 5 heteroatoms. The monoisotopic (exact) mass is 303 g/mol. The fraction of sp³-hybridized carbons (Fsp3) is 0.438. The highest BCUT2D eigenvalue weighted by atomic mass is 32.2. The summed E-state index contributed by atoms with van der Waals surface area (Å²) in [6, 6.07) is 8.02. The Hall–Kier alpha value is -1.62. The van der Waals surface area contributed by atoms with E-state index >= 15 is 0 Å². The Kier molecular flexibility index (Phi) is 5.56. The molecule has 0 N–H and O–H groups in total. The quantitative estimate of drug-likeness (QED) is 0.615. The maximum atomic E-state index is 12.2. The number of rotatable bonds is 5. The zero-order valence-corrected chi connectivity index (χ0v) is 13.6. The first-order valence-electron chi connectivity index (χ1n) is 7.28. The molecule has 1 aliphatic heterocycles. The Bertz CT molecular complexity index is 566. The van der Waals surface area contributed by atoms with Gasteiger partial charge in [0.25, 0.3) is 0 Å². The van der Waals surface area contributed by atoms with Crippen molar-refractivity contribution in [3.05, 3.63) is 29.8 Å². The van der Waals surface area contributed by atoms with Gasteiger partial charge in [0.1, 0.15) is 0 Å². The SMILES string of the molecule is CCCc1ccccc1N1C(=O)CS/C1=N\N=C\C(C)C. The number of carbonyl (C=O) groups is 1. The predicted molar refractivity (Wildman–Crippen MR) is 91.1 cm³/mol. The van der Waals surface area contributed by atoms with Gasteiger partial charge in [-0.15, -0.1) is 5.10 Å². The van der Waals surface area contributed by atoms with Crippen LogP contribution in [0.3, 0.4) is 0 Å². The maximum Gasteiger partial charge on any atom is 0.243 e. The van der Waals surface area contributed by atoms with Gasteiger partial charge in [0.15, 0.2) is 5.17 Å². The number of benzene rings is 1. The van der Waals surface area contributed by atoms with Gasteiger partial charge in [-0.1, -0.05) is 57.2 Å². The first kappa shape index (κ1) is 15.8. The summed E-state index contributed by atoms with van der Waals surface area (Å²) in [5.74, 6) is 0.843. The summed E-state index contributed by atoms with van der Waals surface area (Å²) in [5, 5.41) is 8.98. The molecule has 0 aliphatic carbocycles. The van der Waals surface area contributed by atoms with Crippen molar-refractivity contribution in [1.82, 2.24) is 0 Å². The Balaban J connectivity index is 2.33. The number of hydrogen-bond donors (Lipinski definition) is 0. The van der Waals surface area contributed by atoms with Crippen LogP contribution in [0, 0.1) is 5.92 Å². The molecule has 0 atom stereocenters. The smallest absolute Gasteiger partial charge is 0.243 e. The molecule has 1 fully saturated rings. The number of amidine groups is 1. The fourth-order valence-corrected chi connectivity index (χ4v) is 2.91. The number of carbonyl (C=O) groups excluding carboxylic acids is 1. The fourth-order valence-electron chi connectivity index (χ4n) is 2.10. The third-order valence-electron chi connectivity index (χ3n) is 3.03. The van der Waals surface area contributed by atoms with Gasteiger partial charge >= 0.3 is 0 Å². The van der Waals surface area contributed by atoms with Gasteiger partial charge in [-0.25, -0.2) is 0 Å². The Morgan fingerprint density at radius 3 is 2.86 bits per heavy atom. The highest BCUT2D eigenvalue weighted by Gasteiger charge is 2.31. The van der Waals surface area contributed by atoms with Gasteiger partial charge in [0.05, 0.1) is 11.4 Å². The second-order valence-corrected chi connectivity index (χ2v) is 6.23. The number of amides is 1. The second-order valence-electron chi connectivity index (χ2n) is 5.29. The van der Waals surface area contributed by atoms with Crippen LogP contribution >= 0.6 is 11.8 Å². The molecule has 1 aliphatic rings. The van der Waals surface area contributed by atoms with E-state index in [0.29, 0.717) is 16.8 Å². The molecule has 112 valence electrons. The second kappa shape index (κ2) is 7.41. The summed E-state index contributed by atoms with van der Waals surface area (Å²) in [4.78, 5) is 13.9. The van der Waals surface area contributed by atoms with Gasteiger partial charge in [0, 0.05) is 6.21 Å². The molecule has 0 spiro atoms. The molecular formula is C16H21N3OS. The van der Waals surface area contributed by atoms with Crippen LogP contribution in [0.5, 0.6) is 0 Å². The van der Waals surface area contributed by atoms with E-state index < -0.39 is 0 Å². The topological polar surface area (TPSA) is 45.0 Å². The van der Waals surface area contributed by atoms with E-state index in [1.165, 1.54) is 17.3 Å². The van der Waals surface area contributed by atoms with Crippen molar-refractivity contribution < 1.29 is 4.79 Å². The van der Waals surface area contributed by atoms with E-state index in [9.17, 15) is 4.79 Å². The van der Waals surface area contributed by atoms with Crippen LogP contribution in [-0.2, 0) is 11.2 Å². The molecule has 0 aromatic heterocycles. The number of aryl methyl sites for hydroxylation is 1. The van der Waals surface area contributed by atoms with Crippen LogP contribution in [0.4, 0.5) is 5.69 Å². The lowest BCUT2D eigenvalue weighted by Gasteiger charge is -2.19. The zero-order chi connectivity index (χ0) is 15.2. The van der Waals surface area contributed by atoms with Gasteiger partial charge < -0.3 is 0 Å². The molecule has 0 unspecified atom stereocenters. The van der Waals surface area contributed by atoms with Crippen LogP contribution in [0.2, 0.25) is 0 Å². The number of thioether (sulfide) groups is 1. The van der Waals surface area contributed by atoms with Gasteiger partial charge in [-0.3, -0.25) is 9.69 Å². The van der Waals surface area contributed by atoms with Gasteiger partial charge in [0.2, 0.25) is 5.91 Å². The molecule has 0 bridgehead atoms. The Morgan fingerprint density at radius 1 is 1.38 bits per heavy atom. The minimum atomic E-state index is 0.0713. The number of hydrogen-bond acceptors (Lipinski definition) is 4. The lowest BCUT2D eigenvalue weighted by Crippen LogP contribution is -2.30. The highest BCUT2D eigenvalue weighted by molar-refractivity contribution is 8.15. The minimum absolute atomic E-state index is 0.0713. The normalized spacial score (nSPS) is 17.6. The summed E-state index contributed by atoms with van der Waals surface area (Å²) in [6.45, 7) is 6.23. The van der Waals surface area contributed by atoms with Crippen molar-refractivity contribution >= 4 is 34.7 Å². The van der Waals surface area contributed by atoms with E-state index in [0.717, 1.165) is 18.5 Å². The van der Waals surface area contributed by atoms with Gasteiger partial charge in [-0.05, 0) is 24.0 Å². The third kappa shape index (κ3) is 3.94.